The van der Waals surface area contributed by atoms with Gasteiger partial charge in [0.15, 0.2) is 0 Å². The van der Waals surface area contributed by atoms with E-state index < -0.39 is 113 Å². The molecule has 0 amide bonds. The lowest BCUT2D eigenvalue weighted by Crippen LogP contribution is -2.62. The molecule has 0 saturated heterocycles. The molecule has 0 aliphatic heterocycles. The Morgan fingerprint density at radius 3 is 0.690 bits per heavy atom. The highest BCUT2D eigenvalue weighted by Gasteiger charge is 2.68. The number of carbonyl (C=O) groups is 5. The van der Waals surface area contributed by atoms with Gasteiger partial charge in [-0.15, -0.1) is 0 Å². The van der Waals surface area contributed by atoms with Crippen LogP contribution in [0.25, 0.3) is 0 Å². The van der Waals surface area contributed by atoms with Gasteiger partial charge in [0, 0.05) is 32.1 Å². The molecule has 0 aromatic heterocycles. The average Bonchev–Trinajstić information content (AvgIpc) is 0.762. The molecule has 0 spiro atoms. The van der Waals surface area contributed by atoms with E-state index >= 15 is 24.0 Å². The number of hydrogen-bond donors (Lipinski definition) is 5. The molecule has 20 aliphatic carbocycles. The Bertz CT molecular complexity index is 2820. The quantitative estimate of drug-likeness (QED) is 0.0598. The molecule has 20 aliphatic rings. The Hall–Kier alpha value is -2.85. The fourth-order valence-electron chi connectivity index (χ4n) is 27.5. The molecular weight excluding hydrogens is 1100 g/mol. The minimum atomic E-state index is -1.74. The zero-order chi connectivity index (χ0) is 61.4. The minimum Gasteiger partial charge on any atom is -0.459 e. The zero-order valence-electron chi connectivity index (χ0n) is 53.8. The SMILES string of the molecule is CCC(C)(CC(C)(CC(C)(CC(C)(CC(C)(C)C(=O)OC12CC3CC(CC(O)(C3)C1)C2)C(=O)OC12CC3CC(CC(O)(C3)C1)C2)C(=O)OC12CC3CC(CC(O)(C3)C1)C2)C(=O)OC12CC3CC(CC(O)(C3)C1)C2)C(=O)OC12CC3CC(CC(O)(C3)C1)C2. The van der Waals surface area contributed by atoms with Crippen LogP contribution >= 0.6 is 0 Å². The Balaban J connectivity index is 0.815. The fourth-order valence-corrected chi connectivity index (χ4v) is 27.5. The van der Waals surface area contributed by atoms with Crippen molar-refractivity contribution < 1.29 is 73.2 Å². The molecule has 0 heterocycles. The van der Waals surface area contributed by atoms with Crippen molar-refractivity contribution in [2.45, 2.75) is 329 Å². The first-order valence-corrected chi connectivity index (χ1v) is 35.2. The maximum Gasteiger partial charge on any atom is 0.312 e. The molecule has 0 radical (unpaired) electrons. The predicted octanol–water partition coefficient (Wildman–Crippen LogP) is 11.1. The van der Waals surface area contributed by atoms with E-state index in [4.69, 9.17) is 23.7 Å². The Labute approximate surface area is 516 Å². The lowest BCUT2D eigenvalue weighted by Gasteiger charge is -2.60. The lowest BCUT2D eigenvalue weighted by molar-refractivity contribution is -0.233. The van der Waals surface area contributed by atoms with Gasteiger partial charge in [0.25, 0.3) is 0 Å². The van der Waals surface area contributed by atoms with Gasteiger partial charge in [-0.25, -0.2) is 0 Å². The third-order valence-corrected chi connectivity index (χ3v) is 27.9. The molecule has 0 aromatic rings. The van der Waals surface area contributed by atoms with Crippen LogP contribution in [0, 0.1) is 86.3 Å². The first kappa shape index (κ1) is 60.4. The van der Waals surface area contributed by atoms with Gasteiger partial charge in [-0.2, -0.15) is 0 Å². The predicted molar refractivity (Wildman–Crippen MR) is 317 cm³/mol. The van der Waals surface area contributed by atoms with Crippen molar-refractivity contribution in [1.82, 2.24) is 0 Å². The molecule has 14 atom stereocenters. The molecule has 20 fully saturated rings. The molecule has 14 unspecified atom stereocenters. The van der Waals surface area contributed by atoms with E-state index in [1.807, 2.05) is 20.8 Å². The number of ether oxygens (including phenoxy) is 5. The summed E-state index contributed by atoms with van der Waals surface area (Å²) >= 11 is 0. The van der Waals surface area contributed by atoms with Gasteiger partial charge in [-0.1, -0.05) is 6.92 Å². The van der Waals surface area contributed by atoms with E-state index in [0.29, 0.717) is 154 Å². The van der Waals surface area contributed by atoms with Crippen molar-refractivity contribution in [1.29, 1.82) is 0 Å². The summed E-state index contributed by atoms with van der Waals surface area (Å²) in [5, 5.41) is 60.0. The topological polar surface area (TPSA) is 233 Å². The summed E-state index contributed by atoms with van der Waals surface area (Å²) in [6.45, 7) is 12.8. The molecule has 20 bridgehead atoms. The summed E-state index contributed by atoms with van der Waals surface area (Å²) in [4.78, 5) is 80.2. The van der Waals surface area contributed by atoms with Gasteiger partial charge in [-0.05, 0) is 293 Å². The van der Waals surface area contributed by atoms with E-state index in [2.05, 4.69) is 0 Å². The van der Waals surface area contributed by atoms with Gasteiger partial charge >= 0.3 is 29.8 Å². The van der Waals surface area contributed by atoms with Crippen molar-refractivity contribution in [2.24, 2.45) is 86.3 Å². The number of hydrogen-bond acceptors (Lipinski definition) is 15. The van der Waals surface area contributed by atoms with Gasteiger partial charge in [0.1, 0.15) is 28.0 Å². The molecule has 87 heavy (non-hydrogen) atoms. The van der Waals surface area contributed by atoms with Crippen molar-refractivity contribution in [3.63, 3.8) is 0 Å². The second-order valence-electron chi connectivity index (χ2n) is 38.0. The summed E-state index contributed by atoms with van der Waals surface area (Å²) in [5.41, 5.74) is -17.0. The van der Waals surface area contributed by atoms with Gasteiger partial charge in [-0.3, -0.25) is 24.0 Å². The molecule has 20 saturated carbocycles. The molecule has 20 rings (SSSR count). The normalized spacial score (nSPS) is 50.4. The van der Waals surface area contributed by atoms with E-state index in [1.54, 1.807) is 27.7 Å². The van der Waals surface area contributed by atoms with Crippen LogP contribution < -0.4 is 0 Å². The van der Waals surface area contributed by atoms with Gasteiger partial charge in [0.2, 0.25) is 0 Å². The van der Waals surface area contributed by atoms with Crippen LogP contribution in [0.3, 0.4) is 0 Å². The Kier molecular flexibility index (Phi) is 13.1. The van der Waals surface area contributed by atoms with Crippen LogP contribution in [0.4, 0.5) is 0 Å². The smallest absolute Gasteiger partial charge is 0.312 e. The van der Waals surface area contributed by atoms with Crippen LogP contribution in [-0.4, -0.2) is 111 Å². The minimum absolute atomic E-state index is 0.0909. The lowest BCUT2D eigenvalue weighted by atomic mass is 9.52. The summed E-state index contributed by atoms with van der Waals surface area (Å²) in [5.74, 6) is -0.700. The van der Waals surface area contributed by atoms with Crippen LogP contribution in [0.5, 0.6) is 0 Å². The zero-order valence-corrected chi connectivity index (χ0v) is 53.8. The third kappa shape index (κ3) is 10.4. The van der Waals surface area contributed by atoms with Gasteiger partial charge < -0.3 is 49.2 Å². The molecule has 5 N–H and O–H groups in total. The monoisotopic (exact) mass is 1210 g/mol. The summed E-state index contributed by atoms with van der Waals surface area (Å²) in [6, 6.07) is 0. The van der Waals surface area contributed by atoms with Crippen LogP contribution in [0.1, 0.15) is 273 Å². The van der Waals surface area contributed by atoms with E-state index in [9.17, 15) is 25.5 Å². The van der Waals surface area contributed by atoms with E-state index in [1.165, 1.54) is 0 Å². The fraction of sp³-hybridized carbons (Fsp3) is 0.931. The molecule has 0 aromatic carbocycles. The molecule has 15 heteroatoms. The highest BCUT2D eigenvalue weighted by Crippen LogP contribution is 2.66. The Morgan fingerprint density at radius 2 is 0.483 bits per heavy atom. The maximum absolute atomic E-state index is 16.6. The average molecular weight is 1210 g/mol. The maximum atomic E-state index is 16.6. The van der Waals surface area contributed by atoms with Crippen LogP contribution in [-0.2, 0) is 47.7 Å². The molecular formula is C72H106O15. The summed E-state index contributed by atoms with van der Waals surface area (Å²) in [7, 11) is 0. The first-order chi connectivity index (χ1) is 40.4. The number of carbonyl (C=O) groups excluding carboxylic acids is 5. The number of esters is 5. The highest BCUT2D eigenvalue weighted by molar-refractivity contribution is 5.86. The second kappa shape index (κ2) is 18.9. The van der Waals surface area contributed by atoms with Crippen LogP contribution in [0.15, 0.2) is 0 Å². The standard InChI is InChI=1S/C72H106O15/c1-8-59(4,54(74)84-69-26-45-10-46(27-69)17-64(79,16-45)39-69)35-61(6,56(76)86-71-30-49-12-50(31-71)21-66(81,20-49)41-71)37-62(7,57(77)87-72-32-51-13-52(33-72)23-67(82,22-51)42-72)36-60(5,55(75)85-70-28-47-11-48(29-70)19-65(80,18-47)40-70)34-58(2,3)53(73)83-68-24-43-9-44(25-68)15-63(78,14-43)38-68/h43-52,78-82H,8-42H2,1-7H3. The number of rotatable bonds is 19. The summed E-state index contributed by atoms with van der Waals surface area (Å²) in [6.07, 6.45) is 19.2. The Morgan fingerprint density at radius 1 is 0.299 bits per heavy atom. The third-order valence-electron chi connectivity index (χ3n) is 27.9. The first-order valence-electron chi connectivity index (χ1n) is 35.2. The van der Waals surface area contributed by atoms with Crippen molar-refractivity contribution in [2.75, 3.05) is 0 Å². The van der Waals surface area contributed by atoms with Crippen molar-refractivity contribution in [3.8, 4) is 0 Å². The second-order valence-corrected chi connectivity index (χ2v) is 38.0. The van der Waals surface area contributed by atoms with Crippen molar-refractivity contribution in [3.05, 3.63) is 0 Å². The molecule has 484 valence electrons. The van der Waals surface area contributed by atoms with Crippen LogP contribution in [0.2, 0.25) is 0 Å². The largest absolute Gasteiger partial charge is 0.459 e. The van der Waals surface area contributed by atoms with E-state index in [-0.39, 0.29) is 97.7 Å². The highest BCUT2D eigenvalue weighted by atomic mass is 16.6. The van der Waals surface area contributed by atoms with Crippen molar-refractivity contribution >= 4 is 29.8 Å². The van der Waals surface area contributed by atoms with Gasteiger partial charge in [0.05, 0.1) is 55.1 Å². The molecule has 15 nitrogen and oxygen atoms in total. The van der Waals surface area contributed by atoms with E-state index in [0.717, 1.165) is 32.1 Å². The number of aliphatic hydroxyl groups is 5. The summed E-state index contributed by atoms with van der Waals surface area (Å²) < 4.78 is 34.9.